The number of fused-ring (bicyclic) bond motifs is 1. The van der Waals surface area contributed by atoms with Crippen LogP contribution in [0.2, 0.25) is 5.02 Å². The third kappa shape index (κ3) is 2.28. The molecular formula is C23H16ClN3O2. The Morgan fingerprint density at radius 2 is 1.76 bits per heavy atom. The van der Waals surface area contributed by atoms with E-state index in [1.54, 1.807) is 6.20 Å². The molecule has 6 heteroatoms. The van der Waals surface area contributed by atoms with Gasteiger partial charge >= 0.3 is 0 Å². The van der Waals surface area contributed by atoms with E-state index in [1.807, 2.05) is 42.6 Å². The van der Waals surface area contributed by atoms with Crippen LogP contribution >= 0.6 is 11.6 Å². The smallest absolute Gasteiger partial charge is 0.259 e. The number of imide groups is 1. The van der Waals surface area contributed by atoms with Gasteiger partial charge in [-0.2, -0.15) is 0 Å². The summed E-state index contributed by atoms with van der Waals surface area (Å²) < 4.78 is 2.18. The molecular weight excluding hydrogens is 386 g/mol. The number of nitrogens with one attached hydrogen (secondary N) is 2. The van der Waals surface area contributed by atoms with Gasteiger partial charge in [-0.1, -0.05) is 29.8 Å². The SMILES string of the molecule is O=C1NC(=O)C(c2cn3c4c(cc(Cl)cc24)CCC3)=C1c1c[nH]c2ccccc12. The lowest BCUT2D eigenvalue weighted by molar-refractivity contribution is -0.122. The highest BCUT2D eigenvalue weighted by Gasteiger charge is 2.35. The van der Waals surface area contributed by atoms with Crippen LogP contribution in [-0.2, 0) is 22.6 Å². The second kappa shape index (κ2) is 5.84. The van der Waals surface area contributed by atoms with Crippen LogP contribution in [0.4, 0.5) is 0 Å². The molecule has 4 heterocycles. The van der Waals surface area contributed by atoms with Crippen LogP contribution in [-0.4, -0.2) is 21.4 Å². The number of halogens is 1. The van der Waals surface area contributed by atoms with Gasteiger partial charge in [0.15, 0.2) is 0 Å². The van der Waals surface area contributed by atoms with Gasteiger partial charge in [0, 0.05) is 51.4 Å². The lowest BCUT2D eigenvalue weighted by Crippen LogP contribution is -2.22. The number of amides is 2. The summed E-state index contributed by atoms with van der Waals surface area (Å²) in [6.45, 7) is 0.885. The van der Waals surface area contributed by atoms with Gasteiger partial charge in [-0.05, 0) is 36.6 Å². The highest BCUT2D eigenvalue weighted by atomic mass is 35.5. The Kier molecular flexibility index (Phi) is 3.35. The first-order chi connectivity index (χ1) is 14.1. The summed E-state index contributed by atoms with van der Waals surface area (Å²) in [5.74, 6) is -0.733. The van der Waals surface area contributed by atoms with Crippen molar-refractivity contribution in [1.29, 1.82) is 0 Å². The van der Waals surface area contributed by atoms with E-state index in [4.69, 9.17) is 11.6 Å². The molecule has 0 saturated carbocycles. The van der Waals surface area contributed by atoms with E-state index in [1.165, 1.54) is 5.56 Å². The zero-order valence-corrected chi connectivity index (χ0v) is 16.1. The quantitative estimate of drug-likeness (QED) is 0.492. The van der Waals surface area contributed by atoms with E-state index in [0.29, 0.717) is 16.2 Å². The molecule has 142 valence electrons. The summed E-state index contributed by atoms with van der Waals surface area (Å²) >= 11 is 6.40. The monoisotopic (exact) mass is 401 g/mol. The molecule has 2 aliphatic rings. The first-order valence-electron chi connectivity index (χ1n) is 9.60. The van der Waals surface area contributed by atoms with Gasteiger partial charge in [0.25, 0.3) is 11.8 Å². The lowest BCUT2D eigenvalue weighted by Gasteiger charge is -2.15. The van der Waals surface area contributed by atoms with Crippen LogP contribution in [0.1, 0.15) is 23.1 Å². The van der Waals surface area contributed by atoms with Crippen molar-refractivity contribution in [3.63, 3.8) is 0 Å². The van der Waals surface area contributed by atoms with Crippen LogP contribution in [0.25, 0.3) is 33.0 Å². The molecule has 2 N–H and O–H groups in total. The summed E-state index contributed by atoms with van der Waals surface area (Å²) in [4.78, 5) is 28.9. The first-order valence-corrected chi connectivity index (χ1v) is 9.97. The van der Waals surface area contributed by atoms with Crippen molar-refractivity contribution >= 4 is 56.4 Å². The van der Waals surface area contributed by atoms with Crippen molar-refractivity contribution in [2.24, 2.45) is 0 Å². The molecule has 0 saturated heterocycles. The number of rotatable bonds is 2. The molecule has 0 spiro atoms. The Morgan fingerprint density at radius 3 is 2.62 bits per heavy atom. The van der Waals surface area contributed by atoms with Gasteiger partial charge in [0.05, 0.1) is 16.7 Å². The molecule has 0 radical (unpaired) electrons. The molecule has 0 fully saturated rings. The Hall–Kier alpha value is -3.31. The number of para-hydroxylation sites is 1. The molecule has 0 aliphatic carbocycles. The van der Waals surface area contributed by atoms with Gasteiger partial charge in [0.2, 0.25) is 0 Å². The van der Waals surface area contributed by atoms with Crippen LogP contribution in [0.3, 0.4) is 0 Å². The van der Waals surface area contributed by atoms with Gasteiger partial charge < -0.3 is 9.55 Å². The summed E-state index contributed by atoms with van der Waals surface area (Å²) in [6, 6.07) is 11.7. The third-order valence-corrected chi connectivity index (χ3v) is 6.14. The number of H-pyrrole nitrogens is 1. The molecule has 4 aromatic rings. The van der Waals surface area contributed by atoms with Crippen LogP contribution in [0.5, 0.6) is 0 Å². The minimum atomic E-state index is -0.368. The second-order valence-corrected chi connectivity index (χ2v) is 8.02. The number of aromatic nitrogens is 2. The zero-order valence-electron chi connectivity index (χ0n) is 15.4. The maximum absolute atomic E-state index is 12.9. The number of hydrogen-bond donors (Lipinski definition) is 2. The van der Waals surface area contributed by atoms with Crippen LogP contribution in [0.15, 0.2) is 48.8 Å². The molecule has 2 aromatic heterocycles. The molecule has 6 rings (SSSR count). The average Bonchev–Trinajstić information content (AvgIpc) is 3.36. The highest BCUT2D eigenvalue weighted by molar-refractivity contribution is 6.51. The maximum atomic E-state index is 12.9. The number of aryl methyl sites for hydroxylation is 2. The molecule has 0 unspecified atom stereocenters. The predicted octanol–water partition coefficient (Wildman–Crippen LogP) is 4.29. The normalized spacial score (nSPS) is 16.3. The topological polar surface area (TPSA) is 66.9 Å². The van der Waals surface area contributed by atoms with Crippen molar-refractivity contribution in [3.8, 4) is 0 Å². The number of carbonyl (C=O) groups excluding carboxylic acids is 2. The highest BCUT2D eigenvalue weighted by Crippen LogP contribution is 2.40. The minimum Gasteiger partial charge on any atom is -0.361 e. The maximum Gasteiger partial charge on any atom is 0.259 e. The zero-order chi connectivity index (χ0) is 19.7. The van der Waals surface area contributed by atoms with E-state index < -0.39 is 0 Å². The minimum absolute atomic E-state index is 0.366. The number of carbonyl (C=O) groups is 2. The van der Waals surface area contributed by atoms with E-state index >= 15 is 0 Å². The molecule has 29 heavy (non-hydrogen) atoms. The molecule has 2 aliphatic heterocycles. The van der Waals surface area contributed by atoms with Crippen molar-refractivity contribution in [3.05, 3.63) is 70.5 Å². The fraction of sp³-hybridized carbons (Fsp3) is 0.130. The van der Waals surface area contributed by atoms with Gasteiger partial charge in [0.1, 0.15) is 0 Å². The Balaban J connectivity index is 1.70. The van der Waals surface area contributed by atoms with Crippen molar-refractivity contribution in [1.82, 2.24) is 14.9 Å². The fourth-order valence-corrected chi connectivity index (χ4v) is 4.98. The van der Waals surface area contributed by atoms with E-state index in [-0.39, 0.29) is 11.8 Å². The summed E-state index contributed by atoms with van der Waals surface area (Å²) in [5.41, 5.74) is 5.53. The van der Waals surface area contributed by atoms with Crippen LogP contribution in [0, 0.1) is 0 Å². The second-order valence-electron chi connectivity index (χ2n) is 7.58. The van der Waals surface area contributed by atoms with E-state index in [9.17, 15) is 9.59 Å². The molecule has 0 bridgehead atoms. The number of hydrogen-bond acceptors (Lipinski definition) is 2. The van der Waals surface area contributed by atoms with Gasteiger partial charge in [-0.15, -0.1) is 0 Å². The van der Waals surface area contributed by atoms with Crippen molar-refractivity contribution in [2.45, 2.75) is 19.4 Å². The largest absolute Gasteiger partial charge is 0.361 e. The predicted molar refractivity (Wildman–Crippen MR) is 114 cm³/mol. The lowest BCUT2D eigenvalue weighted by atomic mass is 9.94. The third-order valence-electron chi connectivity index (χ3n) is 5.92. The van der Waals surface area contributed by atoms with Gasteiger partial charge in [-0.3, -0.25) is 14.9 Å². The van der Waals surface area contributed by atoms with Crippen molar-refractivity contribution < 1.29 is 9.59 Å². The standard InChI is InChI=1S/C23H16ClN3O2/c24-13-8-12-4-3-7-27-11-17(15(9-13)21(12)27)20-19(22(28)26-23(20)29)16-10-25-18-6-2-1-5-14(16)18/h1-2,5-6,8-11,25H,3-4,7H2,(H,26,28,29). The number of benzene rings is 2. The summed E-state index contributed by atoms with van der Waals surface area (Å²) in [6.07, 6.45) is 5.77. The summed E-state index contributed by atoms with van der Waals surface area (Å²) in [5, 5.41) is 4.98. The van der Waals surface area contributed by atoms with E-state index in [2.05, 4.69) is 14.9 Å². The fourth-order valence-electron chi connectivity index (χ4n) is 4.74. The van der Waals surface area contributed by atoms with Crippen molar-refractivity contribution in [2.75, 3.05) is 0 Å². The average molecular weight is 402 g/mol. The van der Waals surface area contributed by atoms with Crippen LogP contribution < -0.4 is 5.32 Å². The van der Waals surface area contributed by atoms with Gasteiger partial charge in [-0.25, -0.2) is 0 Å². The molecule has 5 nitrogen and oxygen atoms in total. The Labute approximate surface area is 171 Å². The molecule has 2 aromatic carbocycles. The Morgan fingerprint density at radius 1 is 0.966 bits per heavy atom. The summed E-state index contributed by atoms with van der Waals surface area (Å²) in [7, 11) is 0. The Bertz CT molecular complexity index is 1410. The number of aromatic amines is 1. The first kappa shape index (κ1) is 16.6. The molecule has 0 atom stereocenters. The van der Waals surface area contributed by atoms with E-state index in [0.717, 1.165) is 52.3 Å². The molecule has 2 amide bonds. The number of nitrogens with zero attached hydrogens (tertiary/aromatic N) is 1.